The van der Waals surface area contributed by atoms with E-state index in [-0.39, 0.29) is 36.0 Å². The summed E-state index contributed by atoms with van der Waals surface area (Å²) in [5.41, 5.74) is 2.14. The molecule has 1 aromatic heterocycles. The number of likely N-dealkylation sites (N-methyl/N-ethyl adjacent to an activating group) is 1. The fourth-order valence-corrected chi connectivity index (χ4v) is 4.57. The zero-order chi connectivity index (χ0) is 23.0. The number of aryl methyl sites for hydroxylation is 2. The molecule has 1 saturated carbocycles. The molecule has 8 nitrogen and oxygen atoms in total. The molecule has 8 heteroatoms. The molecule has 4 rings (SSSR count). The summed E-state index contributed by atoms with van der Waals surface area (Å²) >= 11 is 0. The molecule has 1 aliphatic heterocycles. The third-order valence-electron chi connectivity index (χ3n) is 6.79. The average Bonchev–Trinajstić information content (AvgIpc) is 3.18. The van der Waals surface area contributed by atoms with Gasteiger partial charge in [-0.15, -0.1) is 0 Å². The number of benzene rings is 1. The first-order chi connectivity index (χ1) is 15.2. The lowest BCUT2D eigenvalue weighted by atomic mass is 9.92. The van der Waals surface area contributed by atoms with Crippen molar-refractivity contribution in [1.29, 1.82) is 0 Å². The largest absolute Gasteiger partial charge is 0.351 e. The van der Waals surface area contributed by atoms with Gasteiger partial charge in [0, 0.05) is 24.8 Å². The van der Waals surface area contributed by atoms with Crippen LogP contribution in [0.4, 0.5) is 5.69 Å². The Morgan fingerprint density at radius 3 is 2.53 bits per heavy atom. The van der Waals surface area contributed by atoms with Crippen molar-refractivity contribution < 1.29 is 14.4 Å². The molecule has 1 fully saturated rings. The number of aromatic nitrogens is 2. The first kappa shape index (κ1) is 22.0. The maximum absolute atomic E-state index is 13.2. The van der Waals surface area contributed by atoms with E-state index in [0.717, 1.165) is 36.8 Å². The number of nitrogens with zero attached hydrogens (tertiary/aromatic N) is 3. The maximum atomic E-state index is 13.2. The molecular weight excluding hydrogens is 406 g/mol. The van der Waals surface area contributed by atoms with E-state index in [2.05, 4.69) is 15.7 Å². The van der Waals surface area contributed by atoms with Crippen LogP contribution in [0, 0.1) is 13.8 Å². The van der Waals surface area contributed by atoms with Crippen molar-refractivity contribution in [3.05, 3.63) is 46.8 Å². The second-order valence-electron chi connectivity index (χ2n) is 9.29. The number of amides is 3. The van der Waals surface area contributed by atoms with Gasteiger partial charge >= 0.3 is 0 Å². The van der Waals surface area contributed by atoms with Crippen LogP contribution in [0.5, 0.6) is 0 Å². The van der Waals surface area contributed by atoms with E-state index in [0.29, 0.717) is 11.4 Å². The fraction of sp³-hybridized carbons (Fsp3) is 0.500. The number of anilines is 1. The molecule has 2 aromatic rings. The Morgan fingerprint density at radius 1 is 1.12 bits per heavy atom. The number of carbonyl (C=O) groups excluding carboxylic acids is 3. The lowest BCUT2D eigenvalue weighted by Crippen LogP contribution is -2.63. The molecule has 32 heavy (non-hydrogen) atoms. The molecule has 0 unspecified atom stereocenters. The van der Waals surface area contributed by atoms with Gasteiger partial charge in [-0.05, 0) is 45.2 Å². The van der Waals surface area contributed by atoms with E-state index < -0.39 is 5.54 Å². The summed E-state index contributed by atoms with van der Waals surface area (Å²) in [6.45, 7) is 5.87. The third-order valence-corrected chi connectivity index (χ3v) is 6.79. The summed E-state index contributed by atoms with van der Waals surface area (Å²) in [4.78, 5) is 40.5. The molecule has 1 aliphatic carbocycles. The Morgan fingerprint density at radius 2 is 1.84 bits per heavy atom. The van der Waals surface area contributed by atoms with Gasteiger partial charge in [0.15, 0.2) is 5.69 Å². The Labute approximate surface area is 188 Å². The highest BCUT2D eigenvalue weighted by Gasteiger charge is 2.46. The van der Waals surface area contributed by atoms with E-state index in [1.54, 1.807) is 14.0 Å². The summed E-state index contributed by atoms with van der Waals surface area (Å²) in [6.07, 6.45) is 5.35. The van der Waals surface area contributed by atoms with E-state index in [1.807, 2.05) is 32.0 Å². The number of nitrogens with one attached hydrogen (secondary N) is 2. The Balaban J connectivity index is 1.54. The number of carbonyl (C=O) groups is 3. The lowest BCUT2D eigenvalue weighted by molar-refractivity contribution is -0.133. The Bertz CT molecular complexity index is 1070. The van der Waals surface area contributed by atoms with Crippen LogP contribution in [-0.2, 0) is 11.3 Å². The minimum Gasteiger partial charge on any atom is -0.351 e. The topological polar surface area (TPSA) is 96.3 Å². The van der Waals surface area contributed by atoms with Gasteiger partial charge in [0.05, 0.1) is 6.54 Å². The zero-order valence-corrected chi connectivity index (χ0v) is 19.2. The van der Waals surface area contributed by atoms with Crippen LogP contribution >= 0.6 is 0 Å². The highest BCUT2D eigenvalue weighted by atomic mass is 16.2. The van der Waals surface area contributed by atoms with Crippen molar-refractivity contribution in [3.63, 3.8) is 0 Å². The summed E-state index contributed by atoms with van der Waals surface area (Å²) in [7, 11) is 1.63. The molecule has 0 bridgehead atoms. The fourth-order valence-electron chi connectivity index (χ4n) is 4.57. The van der Waals surface area contributed by atoms with E-state index in [4.69, 9.17) is 0 Å². The van der Waals surface area contributed by atoms with Crippen molar-refractivity contribution in [2.75, 3.05) is 12.4 Å². The summed E-state index contributed by atoms with van der Waals surface area (Å²) in [5, 5.41) is 10.4. The molecule has 0 spiro atoms. The van der Waals surface area contributed by atoms with Crippen LogP contribution in [0.2, 0.25) is 0 Å². The molecule has 3 amide bonds. The standard InChI is InChI=1S/C24H31N5O3/c1-15-10-11-18(16(2)12-15)26-21(30)19-13-20-22(31)28(4)24(3,14-29(20)27-19)23(32)25-17-8-6-5-7-9-17/h10-13,17H,5-9,14H2,1-4H3,(H,25,32)(H,26,30)/t24-/m0/s1. The van der Waals surface area contributed by atoms with Crippen molar-refractivity contribution >= 4 is 23.4 Å². The van der Waals surface area contributed by atoms with Gasteiger partial charge in [0.2, 0.25) is 5.91 Å². The van der Waals surface area contributed by atoms with Crippen LogP contribution in [-0.4, -0.2) is 51.0 Å². The molecule has 0 saturated heterocycles. The molecule has 1 aromatic carbocycles. The van der Waals surface area contributed by atoms with Crippen LogP contribution < -0.4 is 10.6 Å². The Kier molecular flexibility index (Phi) is 5.79. The van der Waals surface area contributed by atoms with E-state index in [1.165, 1.54) is 22.1 Å². The summed E-state index contributed by atoms with van der Waals surface area (Å²) < 4.78 is 1.49. The monoisotopic (exact) mass is 437 g/mol. The van der Waals surface area contributed by atoms with Crippen molar-refractivity contribution in [2.24, 2.45) is 0 Å². The van der Waals surface area contributed by atoms with Crippen LogP contribution in [0.3, 0.4) is 0 Å². The van der Waals surface area contributed by atoms with Crippen molar-refractivity contribution in [1.82, 2.24) is 20.0 Å². The predicted molar refractivity (Wildman–Crippen MR) is 122 cm³/mol. The SMILES string of the molecule is Cc1ccc(NC(=O)c2cc3n(n2)C[C@@](C)(C(=O)NC2CCCCC2)N(C)C3=O)c(C)c1. The quantitative estimate of drug-likeness (QED) is 0.768. The van der Waals surface area contributed by atoms with Gasteiger partial charge in [-0.3, -0.25) is 19.1 Å². The van der Waals surface area contributed by atoms with Crippen LogP contribution in [0.15, 0.2) is 24.3 Å². The Hall–Kier alpha value is -3.16. The summed E-state index contributed by atoms with van der Waals surface area (Å²) in [6, 6.07) is 7.41. The first-order valence-electron chi connectivity index (χ1n) is 11.2. The number of rotatable bonds is 4. The number of hydrogen-bond donors (Lipinski definition) is 2. The highest BCUT2D eigenvalue weighted by Crippen LogP contribution is 2.27. The third kappa shape index (κ3) is 4.01. The molecule has 2 N–H and O–H groups in total. The van der Waals surface area contributed by atoms with Crippen LogP contribution in [0.1, 0.15) is 71.1 Å². The maximum Gasteiger partial charge on any atom is 0.276 e. The zero-order valence-electron chi connectivity index (χ0n) is 19.2. The van der Waals surface area contributed by atoms with Gasteiger partial charge < -0.3 is 15.5 Å². The predicted octanol–water partition coefficient (Wildman–Crippen LogP) is 3.05. The van der Waals surface area contributed by atoms with Gasteiger partial charge in [-0.2, -0.15) is 5.10 Å². The minimum absolute atomic E-state index is 0.148. The van der Waals surface area contributed by atoms with Gasteiger partial charge in [-0.1, -0.05) is 37.0 Å². The van der Waals surface area contributed by atoms with E-state index in [9.17, 15) is 14.4 Å². The molecular formula is C24H31N5O3. The molecule has 0 radical (unpaired) electrons. The molecule has 2 heterocycles. The number of hydrogen-bond acceptors (Lipinski definition) is 4. The second kappa shape index (κ2) is 8.41. The normalized spacial score (nSPS) is 21.2. The first-order valence-corrected chi connectivity index (χ1v) is 11.2. The number of fused-ring (bicyclic) bond motifs is 1. The van der Waals surface area contributed by atoms with Crippen LogP contribution in [0.25, 0.3) is 0 Å². The van der Waals surface area contributed by atoms with Gasteiger partial charge in [0.1, 0.15) is 11.2 Å². The molecule has 1 atom stereocenters. The summed E-state index contributed by atoms with van der Waals surface area (Å²) in [5.74, 6) is -0.888. The van der Waals surface area contributed by atoms with E-state index >= 15 is 0 Å². The van der Waals surface area contributed by atoms with Gasteiger partial charge in [-0.25, -0.2) is 0 Å². The lowest BCUT2D eigenvalue weighted by Gasteiger charge is -2.41. The minimum atomic E-state index is -1.07. The van der Waals surface area contributed by atoms with Crippen molar-refractivity contribution in [3.8, 4) is 0 Å². The molecule has 2 aliphatic rings. The highest BCUT2D eigenvalue weighted by molar-refractivity contribution is 6.06. The second-order valence-corrected chi connectivity index (χ2v) is 9.29. The average molecular weight is 438 g/mol. The van der Waals surface area contributed by atoms with Crippen molar-refractivity contribution in [2.45, 2.75) is 71.0 Å². The molecule has 170 valence electrons. The van der Waals surface area contributed by atoms with Gasteiger partial charge in [0.25, 0.3) is 11.8 Å². The smallest absolute Gasteiger partial charge is 0.276 e.